The summed E-state index contributed by atoms with van der Waals surface area (Å²) in [5.41, 5.74) is 1.57. The Kier molecular flexibility index (Phi) is 5.83. The van der Waals surface area contributed by atoms with Gasteiger partial charge in [-0.2, -0.15) is 0 Å². The van der Waals surface area contributed by atoms with Crippen molar-refractivity contribution in [2.45, 2.75) is 0 Å². The first-order chi connectivity index (χ1) is 18.7. The average molecular weight is 569 g/mol. The van der Waals surface area contributed by atoms with Crippen LogP contribution >= 0.6 is 5.51 Å². The maximum absolute atomic E-state index is 4.84. The van der Waals surface area contributed by atoms with E-state index in [1.54, 1.807) is 0 Å². The molecule has 38 heavy (non-hydrogen) atoms. The summed E-state index contributed by atoms with van der Waals surface area (Å²) in [6, 6.07) is 50.5. The summed E-state index contributed by atoms with van der Waals surface area (Å²) in [5, 5.41) is 10.1. The molecule has 0 N–H and O–H groups in total. The van der Waals surface area contributed by atoms with E-state index in [9.17, 15) is 0 Å². The number of nitrogens with zero attached hydrogens (tertiary/aromatic N) is 1. The Labute approximate surface area is 230 Å². The van der Waals surface area contributed by atoms with Crippen LogP contribution in [-0.2, 0) is 0 Å². The molecular weight excluding hydrogens is 544 g/mol. The summed E-state index contributed by atoms with van der Waals surface area (Å²) >= 11 is 3.67. The second-order valence-corrected chi connectivity index (χ2v) is 15.7. The molecule has 0 aliphatic heterocycles. The zero-order chi connectivity index (χ0) is 25.5. The molecule has 0 aliphatic rings. The van der Waals surface area contributed by atoms with E-state index in [1.807, 2.05) is 12.3 Å². The van der Waals surface area contributed by atoms with Gasteiger partial charge in [-0.1, -0.05) is 0 Å². The Balaban J connectivity index is 1.44. The van der Waals surface area contributed by atoms with E-state index in [0.717, 1.165) is 5.52 Å². The molecule has 7 rings (SSSR count). The first-order valence-electron chi connectivity index (χ1n) is 12.7. The van der Waals surface area contributed by atoms with Crippen LogP contribution in [0, 0.1) is 0 Å². The van der Waals surface area contributed by atoms with E-state index in [-0.39, 0.29) is 0 Å². The molecule has 0 bridgehead atoms. The van der Waals surface area contributed by atoms with Gasteiger partial charge < -0.3 is 0 Å². The van der Waals surface area contributed by atoms with E-state index < -0.39 is 5.51 Å². The van der Waals surface area contributed by atoms with Gasteiger partial charge in [-0.15, -0.1) is 0 Å². The van der Waals surface area contributed by atoms with Crippen molar-refractivity contribution in [1.82, 2.24) is 4.98 Å². The summed E-state index contributed by atoms with van der Waals surface area (Å²) < 4.78 is 0. The van der Waals surface area contributed by atoms with Crippen molar-refractivity contribution in [2.75, 3.05) is 0 Å². The molecular formula is C35H24NPSe. The van der Waals surface area contributed by atoms with Gasteiger partial charge in [0.05, 0.1) is 0 Å². The zero-order valence-electron chi connectivity index (χ0n) is 20.7. The van der Waals surface area contributed by atoms with Gasteiger partial charge in [-0.3, -0.25) is 0 Å². The third-order valence-corrected chi connectivity index (χ3v) is 14.5. The van der Waals surface area contributed by atoms with Crippen molar-refractivity contribution in [3.63, 3.8) is 0 Å². The van der Waals surface area contributed by atoms with Crippen LogP contribution in [0.4, 0.5) is 0 Å². The molecule has 0 saturated heterocycles. The molecule has 1 heterocycles. The fourth-order valence-electron chi connectivity index (χ4n) is 5.53. The van der Waals surface area contributed by atoms with Gasteiger partial charge in [-0.25, -0.2) is 0 Å². The van der Waals surface area contributed by atoms with Crippen molar-refractivity contribution < 1.29 is 0 Å². The van der Waals surface area contributed by atoms with E-state index >= 15 is 0 Å². The van der Waals surface area contributed by atoms with E-state index in [2.05, 4.69) is 149 Å². The van der Waals surface area contributed by atoms with Crippen LogP contribution in [-0.4, -0.2) is 20.1 Å². The maximum atomic E-state index is 4.84. The predicted molar refractivity (Wildman–Crippen MR) is 167 cm³/mol. The van der Waals surface area contributed by atoms with Crippen LogP contribution in [0.25, 0.3) is 43.6 Å². The quantitative estimate of drug-likeness (QED) is 0.121. The molecule has 1 aromatic heterocycles. The Morgan fingerprint density at radius 2 is 1.08 bits per heavy atom. The Morgan fingerprint density at radius 3 is 1.79 bits per heavy atom. The van der Waals surface area contributed by atoms with E-state index in [1.165, 1.54) is 54.0 Å². The van der Waals surface area contributed by atoms with Crippen molar-refractivity contribution in [3.05, 3.63) is 146 Å². The first kappa shape index (κ1) is 23.3. The second kappa shape index (κ2) is 9.50. The van der Waals surface area contributed by atoms with Gasteiger partial charge in [0.25, 0.3) is 0 Å². The minimum absolute atomic E-state index is 1.05. The van der Waals surface area contributed by atoms with Gasteiger partial charge >= 0.3 is 231 Å². The Bertz CT molecular complexity index is 1940. The topological polar surface area (TPSA) is 12.9 Å². The molecule has 7 aromatic rings. The average Bonchev–Trinajstić information content (AvgIpc) is 3.01. The number of hydrogen-bond acceptors (Lipinski definition) is 1. The van der Waals surface area contributed by atoms with Gasteiger partial charge in [0.15, 0.2) is 0 Å². The van der Waals surface area contributed by atoms with Crippen LogP contribution in [0.5, 0.6) is 0 Å². The molecule has 0 unspecified atom stereocenters. The van der Waals surface area contributed by atoms with E-state index in [0.29, 0.717) is 0 Å². The summed E-state index contributed by atoms with van der Waals surface area (Å²) in [4.78, 5) is 4.84. The fourth-order valence-corrected chi connectivity index (χ4v) is 10.5. The Hall–Kier alpha value is -3.80. The molecule has 180 valence electrons. The van der Waals surface area contributed by atoms with E-state index in [4.69, 9.17) is 4.98 Å². The van der Waals surface area contributed by atoms with Crippen LogP contribution in [0.15, 0.2) is 146 Å². The standard InChI is InChI=1S/C35H24NPSe/c38-37(27-11-3-1-4-12-27,28-13-5-2-6-14-28)29-20-17-26(18-21-29)33-24-34-30-15-8-7-10-25(30)19-22-32(34)35-31(33)16-9-23-36-35/h1-24H. The summed E-state index contributed by atoms with van der Waals surface area (Å²) in [5.74, 6) is 0. The molecule has 1 nitrogen and oxygen atoms in total. The van der Waals surface area contributed by atoms with Crippen LogP contribution in [0.2, 0.25) is 0 Å². The zero-order valence-corrected chi connectivity index (χ0v) is 23.3. The molecule has 0 atom stereocenters. The van der Waals surface area contributed by atoms with Crippen molar-refractivity contribution in [2.24, 2.45) is 0 Å². The van der Waals surface area contributed by atoms with Gasteiger partial charge in [-0.05, 0) is 0 Å². The summed E-state index contributed by atoms with van der Waals surface area (Å²) in [7, 11) is 0. The molecule has 0 fully saturated rings. The number of pyridine rings is 1. The normalized spacial score (nSPS) is 11.8. The summed E-state index contributed by atoms with van der Waals surface area (Å²) in [6.45, 7) is 0. The van der Waals surface area contributed by atoms with Crippen molar-refractivity contribution in [3.8, 4) is 11.1 Å². The molecule has 0 saturated carbocycles. The van der Waals surface area contributed by atoms with Gasteiger partial charge in [0.2, 0.25) is 0 Å². The number of fused-ring (bicyclic) bond motifs is 5. The SMILES string of the molecule is [Se]=P(c1ccccc1)(c1ccccc1)c1ccc(-c2cc3c4ccccc4ccc3c3ncccc23)cc1. The third kappa shape index (κ3) is 3.77. The number of hydrogen-bond donors (Lipinski definition) is 0. The predicted octanol–water partition coefficient (Wildman–Crippen LogP) is 7.59. The monoisotopic (exact) mass is 569 g/mol. The van der Waals surface area contributed by atoms with Crippen molar-refractivity contribution >= 4 is 69.0 Å². The van der Waals surface area contributed by atoms with Crippen LogP contribution in [0.1, 0.15) is 0 Å². The molecule has 0 amide bonds. The molecule has 0 radical (unpaired) electrons. The van der Waals surface area contributed by atoms with Crippen LogP contribution < -0.4 is 15.9 Å². The fraction of sp³-hybridized carbons (Fsp3) is 0. The second-order valence-electron chi connectivity index (χ2n) is 9.53. The number of aromatic nitrogens is 1. The first-order valence-corrected chi connectivity index (χ1v) is 16.8. The van der Waals surface area contributed by atoms with Gasteiger partial charge in [0.1, 0.15) is 0 Å². The molecule has 0 aliphatic carbocycles. The van der Waals surface area contributed by atoms with Crippen molar-refractivity contribution in [1.29, 1.82) is 0 Å². The molecule has 6 aromatic carbocycles. The molecule has 3 heteroatoms. The minimum atomic E-state index is -1.89. The number of benzene rings is 6. The van der Waals surface area contributed by atoms with Gasteiger partial charge in [0, 0.05) is 0 Å². The Morgan fingerprint density at radius 1 is 0.474 bits per heavy atom. The molecule has 0 spiro atoms. The van der Waals surface area contributed by atoms with Crippen LogP contribution in [0.3, 0.4) is 0 Å². The summed E-state index contributed by atoms with van der Waals surface area (Å²) in [6.07, 6.45) is 1.90. The third-order valence-electron chi connectivity index (χ3n) is 7.39. The number of rotatable bonds is 4.